The van der Waals surface area contributed by atoms with E-state index in [1.807, 2.05) is 13.2 Å². The van der Waals surface area contributed by atoms with Crippen LogP contribution in [0.15, 0.2) is 12.3 Å². The third-order valence-electron chi connectivity index (χ3n) is 4.39. The maximum Gasteiger partial charge on any atom is 0.0446 e. The third-order valence-corrected chi connectivity index (χ3v) is 4.39. The van der Waals surface area contributed by atoms with Crippen molar-refractivity contribution in [3.8, 4) is 0 Å². The van der Waals surface area contributed by atoms with E-state index in [1.165, 1.54) is 43.7 Å². The smallest absolute Gasteiger partial charge is 0.0446 e. The Kier molecular flexibility index (Phi) is 4.22. The van der Waals surface area contributed by atoms with Crippen molar-refractivity contribution in [2.24, 2.45) is 5.92 Å². The topological polar surface area (TPSA) is 31.4 Å². The second-order valence-electron chi connectivity index (χ2n) is 6.22. The predicted molar refractivity (Wildman–Crippen MR) is 83.1 cm³/mol. The summed E-state index contributed by atoms with van der Waals surface area (Å²) in [5.41, 5.74) is 3.80. The van der Waals surface area contributed by atoms with E-state index in [1.54, 1.807) is 0 Å². The van der Waals surface area contributed by atoms with E-state index in [-0.39, 0.29) is 0 Å². The monoisotopic (exact) mass is 274 g/mol. The second-order valence-corrected chi connectivity index (χ2v) is 6.22. The van der Waals surface area contributed by atoms with Crippen molar-refractivity contribution in [1.29, 1.82) is 0 Å². The van der Waals surface area contributed by atoms with Crippen molar-refractivity contribution < 1.29 is 0 Å². The first-order chi connectivity index (χ1) is 9.76. The van der Waals surface area contributed by atoms with Gasteiger partial charge < -0.3 is 10.2 Å². The van der Waals surface area contributed by atoms with Crippen molar-refractivity contribution in [1.82, 2.24) is 15.2 Å². The quantitative estimate of drug-likeness (QED) is 0.884. The summed E-state index contributed by atoms with van der Waals surface area (Å²) in [6, 6.07) is 2.24. The van der Waals surface area contributed by atoms with Gasteiger partial charge in [0.15, 0.2) is 0 Å². The normalized spacial score (nSPS) is 20.4. The van der Waals surface area contributed by atoms with Crippen LogP contribution in [0.5, 0.6) is 0 Å². The van der Waals surface area contributed by atoms with Gasteiger partial charge in [0.2, 0.25) is 0 Å². The van der Waals surface area contributed by atoms with Crippen LogP contribution >= 0.6 is 0 Å². The van der Waals surface area contributed by atoms with Crippen LogP contribution in [0.2, 0.25) is 0 Å². The zero-order valence-electron chi connectivity index (χ0n) is 12.7. The fourth-order valence-corrected chi connectivity index (χ4v) is 3.03. The van der Waals surface area contributed by atoms with Crippen LogP contribution in [-0.4, -0.2) is 49.7 Å². The molecule has 0 amide bonds. The highest BCUT2D eigenvalue weighted by Gasteiger charge is 2.26. The van der Waals surface area contributed by atoms with Crippen LogP contribution in [0.4, 0.5) is 5.69 Å². The number of hydrogen-bond acceptors (Lipinski definition) is 4. The fraction of sp³-hybridized carbons (Fsp3) is 0.688. The first-order valence-electron chi connectivity index (χ1n) is 7.83. The van der Waals surface area contributed by atoms with Gasteiger partial charge >= 0.3 is 0 Å². The van der Waals surface area contributed by atoms with E-state index in [0.29, 0.717) is 0 Å². The first-order valence-corrected chi connectivity index (χ1v) is 7.83. The molecule has 0 unspecified atom stereocenters. The van der Waals surface area contributed by atoms with E-state index in [9.17, 15) is 0 Å². The molecule has 1 aliphatic carbocycles. The van der Waals surface area contributed by atoms with Gasteiger partial charge in [0.25, 0.3) is 0 Å². The standard InChI is InChI=1S/C16H26N4/c1-13-9-16(15(10-17-2)11-18-13)20-7-5-19(6-8-20)12-14-3-4-14/h9,11,14,17H,3-8,10,12H2,1-2H3. The second kappa shape index (κ2) is 6.10. The number of nitrogens with zero attached hydrogens (tertiary/aromatic N) is 3. The van der Waals surface area contributed by atoms with Crippen LogP contribution in [-0.2, 0) is 6.54 Å². The van der Waals surface area contributed by atoms with Crippen molar-refractivity contribution in [3.05, 3.63) is 23.5 Å². The number of rotatable bonds is 5. The number of nitrogens with one attached hydrogen (secondary N) is 1. The molecule has 0 aromatic carbocycles. The van der Waals surface area contributed by atoms with E-state index in [4.69, 9.17) is 0 Å². The summed E-state index contributed by atoms with van der Waals surface area (Å²) < 4.78 is 0. The molecule has 4 heteroatoms. The van der Waals surface area contributed by atoms with Crippen LogP contribution in [0.3, 0.4) is 0 Å². The lowest BCUT2D eigenvalue weighted by molar-refractivity contribution is 0.248. The molecule has 1 N–H and O–H groups in total. The van der Waals surface area contributed by atoms with Crippen molar-refractivity contribution in [2.45, 2.75) is 26.3 Å². The average molecular weight is 274 g/mol. The molecule has 1 saturated heterocycles. The fourth-order valence-electron chi connectivity index (χ4n) is 3.03. The van der Waals surface area contributed by atoms with Gasteiger partial charge in [0.1, 0.15) is 0 Å². The third kappa shape index (κ3) is 3.30. The number of pyridine rings is 1. The molecule has 1 aromatic rings. The van der Waals surface area contributed by atoms with Gasteiger partial charge in [-0.2, -0.15) is 0 Å². The lowest BCUT2D eigenvalue weighted by atomic mass is 10.1. The Morgan fingerprint density at radius 2 is 2.00 bits per heavy atom. The zero-order chi connectivity index (χ0) is 13.9. The van der Waals surface area contributed by atoms with E-state index < -0.39 is 0 Å². The van der Waals surface area contributed by atoms with Crippen molar-refractivity contribution in [2.75, 3.05) is 44.7 Å². The lowest BCUT2D eigenvalue weighted by Gasteiger charge is -2.37. The molecule has 2 heterocycles. The van der Waals surface area contributed by atoms with E-state index in [2.05, 4.69) is 33.1 Å². The van der Waals surface area contributed by atoms with Crippen LogP contribution < -0.4 is 10.2 Å². The molecular formula is C16H26N4. The Morgan fingerprint density at radius 1 is 1.25 bits per heavy atom. The minimum absolute atomic E-state index is 0.894. The number of aryl methyl sites for hydroxylation is 1. The molecule has 0 spiro atoms. The Bertz CT molecular complexity index is 448. The molecule has 1 aliphatic heterocycles. The Balaban J connectivity index is 1.65. The summed E-state index contributed by atoms with van der Waals surface area (Å²) in [4.78, 5) is 9.61. The molecule has 2 fully saturated rings. The molecule has 4 nitrogen and oxygen atoms in total. The molecule has 0 bridgehead atoms. The molecule has 110 valence electrons. The van der Waals surface area contributed by atoms with Gasteiger partial charge in [-0.1, -0.05) is 0 Å². The average Bonchev–Trinajstić information content (AvgIpc) is 3.26. The summed E-state index contributed by atoms with van der Waals surface area (Å²) in [6.45, 7) is 9.00. The highest BCUT2D eigenvalue weighted by Crippen LogP contribution is 2.30. The van der Waals surface area contributed by atoms with Crippen molar-refractivity contribution >= 4 is 5.69 Å². The molecule has 3 rings (SSSR count). The summed E-state index contributed by atoms with van der Waals surface area (Å²) in [5, 5.41) is 3.25. The maximum absolute atomic E-state index is 4.44. The van der Waals surface area contributed by atoms with Crippen molar-refractivity contribution in [3.63, 3.8) is 0 Å². The number of hydrogen-bond donors (Lipinski definition) is 1. The number of anilines is 1. The van der Waals surface area contributed by atoms with Gasteiger partial charge in [0, 0.05) is 62.4 Å². The number of piperazine rings is 1. The maximum atomic E-state index is 4.44. The molecular weight excluding hydrogens is 248 g/mol. The summed E-state index contributed by atoms with van der Waals surface area (Å²) in [6.07, 6.45) is 4.93. The lowest BCUT2D eigenvalue weighted by Crippen LogP contribution is -2.47. The predicted octanol–water partition coefficient (Wildman–Crippen LogP) is 1.64. The van der Waals surface area contributed by atoms with Crippen LogP contribution in [0, 0.1) is 12.8 Å². The van der Waals surface area contributed by atoms with E-state index >= 15 is 0 Å². The van der Waals surface area contributed by atoms with Crippen LogP contribution in [0.25, 0.3) is 0 Å². The van der Waals surface area contributed by atoms with E-state index in [0.717, 1.165) is 31.2 Å². The van der Waals surface area contributed by atoms with Gasteiger partial charge in [-0.25, -0.2) is 0 Å². The number of aromatic nitrogens is 1. The highest BCUT2D eigenvalue weighted by atomic mass is 15.3. The highest BCUT2D eigenvalue weighted by molar-refractivity contribution is 5.54. The van der Waals surface area contributed by atoms with Crippen LogP contribution in [0.1, 0.15) is 24.1 Å². The molecule has 0 radical (unpaired) electrons. The largest absolute Gasteiger partial charge is 0.369 e. The van der Waals surface area contributed by atoms with Gasteiger partial charge in [-0.3, -0.25) is 9.88 Å². The molecule has 1 aromatic heterocycles. The van der Waals surface area contributed by atoms with Gasteiger partial charge in [0.05, 0.1) is 0 Å². The Labute approximate surface area is 122 Å². The summed E-state index contributed by atoms with van der Waals surface area (Å²) in [5.74, 6) is 1.00. The Morgan fingerprint density at radius 3 is 2.65 bits per heavy atom. The first kappa shape index (κ1) is 13.8. The SMILES string of the molecule is CNCc1cnc(C)cc1N1CCN(CC2CC2)CC1. The Hall–Kier alpha value is -1.13. The molecule has 0 atom stereocenters. The molecule has 1 saturated carbocycles. The molecule has 20 heavy (non-hydrogen) atoms. The summed E-state index contributed by atoms with van der Waals surface area (Å²) >= 11 is 0. The minimum Gasteiger partial charge on any atom is -0.369 e. The molecule has 2 aliphatic rings. The zero-order valence-corrected chi connectivity index (χ0v) is 12.7. The van der Waals surface area contributed by atoms with Gasteiger partial charge in [-0.15, -0.1) is 0 Å². The minimum atomic E-state index is 0.894. The summed E-state index contributed by atoms with van der Waals surface area (Å²) in [7, 11) is 2.00. The van der Waals surface area contributed by atoms with Gasteiger partial charge in [-0.05, 0) is 38.8 Å².